The number of aromatic nitrogens is 1. The molecule has 5 rings (SSSR count). The quantitative estimate of drug-likeness (QED) is 0.839. The molecule has 4 heterocycles. The lowest BCUT2D eigenvalue weighted by atomic mass is 9.82. The van der Waals surface area contributed by atoms with Gasteiger partial charge in [-0.15, -0.1) is 11.3 Å². The molecule has 126 valence electrons. The van der Waals surface area contributed by atoms with Crippen molar-refractivity contribution in [1.29, 1.82) is 0 Å². The number of fused-ring (bicyclic) bond motifs is 2. The largest absolute Gasteiger partial charge is 0.370 e. The van der Waals surface area contributed by atoms with Crippen LogP contribution in [0.1, 0.15) is 58.3 Å². The first-order valence-electron chi connectivity index (χ1n) is 8.72. The van der Waals surface area contributed by atoms with Gasteiger partial charge >= 0.3 is 0 Å². The fourth-order valence-electron chi connectivity index (χ4n) is 3.96. The molecule has 2 fully saturated rings. The van der Waals surface area contributed by atoms with Crippen LogP contribution in [0.3, 0.4) is 0 Å². The van der Waals surface area contributed by atoms with Crippen molar-refractivity contribution in [2.75, 3.05) is 19.7 Å². The van der Waals surface area contributed by atoms with Gasteiger partial charge in [-0.05, 0) is 42.7 Å². The second-order valence-corrected chi connectivity index (χ2v) is 8.03. The summed E-state index contributed by atoms with van der Waals surface area (Å²) in [6, 6.07) is 4.04. The van der Waals surface area contributed by atoms with Gasteiger partial charge in [-0.25, -0.2) is 0 Å². The lowest BCUT2D eigenvalue weighted by Gasteiger charge is -2.43. The summed E-state index contributed by atoms with van der Waals surface area (Å²) in [7, 11) is 0. The molecular weight excluding hydrogens is 324 g/mol. The van der Waals surface area contributed by atoms with Crippen LogP contribution in [0.5, 0.6) is 0 Å². The lowest BCUT2D eigenvalue weighted by molar-refractivity contribution is -0.0928. The van der Waals surface area contributed by atoms with E-state index in [0.717, 1.165) is 44.4 Å². The number of hydrogen-bond donors (Lipinski definition) is 0. The van der Waals surface area contributed by atoms with Crippen molar-refractivity contribution in [3.8, 4) is 0 Å². The number of likely N-dealkylation sites (tertiary alicyclic amines) is 1. The zero-order chi connectivity index (χ0) is 16.1. The summed E-state index contributed by atoms with van der Waals surface area (Å²) >= 11 is 1.82. The van der Waals surface area contributed by atoms with Crippen LogP contribution in [0.15, 0.2) is 22.0 Å². The molecule has 1 saturated carbocycles. The first kappa shape index (κ1) is 14.7. The molecule has 1 amide bonds. The average molecular weight is 344 g/mol. The van der Waals surface area contributed by atoms with Crippen molar-refractivity contribution in [1.82, 2.24) is 10.1 Å². The highest BCUT2D eigenvalue weighted by Crippen LogP contribution is 2.43. The summed E-state index contributed by atoms with van der Waals surface area (Å²) in [6.07, 6.45) is 5.04. The predicted molar refractivity (Wildman–Crippen MR) is 89.3 cm³/mol. The Morgan fingerprint density at radius 1 is 1.33 bits per heavy atom. The number of thiophene rings is 1. The topological polar surface area (TPSA) is 55.6 Å². The maximum Gasteiger partial charge on any atom is 0.292 e. The van der Waals surface area contributed by atoms with Crippen molar-refractivity contribution < 1.29 is 14.1 Å². The molecule has 1 spiro atoms. The molecule has 24 heavy (non-hydrogen) atoms. The summed E-state index contributed by atoms with van der Waals surface area (Å²) in [6.45, 7) is 2.19. The zero-order valence-corrected chi connectivity index (χ0v) is 14.3. The number of ether oxygens (including phenoxy) is 1. The fraction of sp³-hybridized carbons (Fsp3) is 0.556. The van der Waals surface area contributed by atoms with Crippen LogP contribution in [0, 0.1) is 0 Å². The minimum absolute atomic E-state index is 0.0365. The first-order chi connectivity index (χ1) is 11.8. The van der Waals surface area contributed by atoms with Crippen molar-refractivity contribution in [3.63, 3.8) is 0 Å². The van der Waals surface area contributed by atoms with Gasteiger partial charge in [0.25, 0.3) is 5.91 Å². The number of nitrogens with zero attached hydrogens (tertiary/aromatic N) is 2. The van der Waals surface area contributed by atoms with E-state index in [1.54, 1.807) is 0 Å². The third-order valence-electron chi connectivity index (χ3n) is 5.54. The SMILES string of the molecule is O=C(c1cc(C2CC2)no1)N1CCC2(CC1)OCCc1sccc12. The van der Waals surface area contributed by atoms with Gasteiger partial charge in [0, 0.05) is 36.4 Å². The molecule has 3 aliphatic rings. The summed E-state index contributed by atoms with van der Waals surface area (Å²) < 4.78 is 11.5. The standard InChI is InChI=1S/C18H20N2O3S/c21-17(15-11-14(19-23-15)12-1-2-12)20-7-5-18(6-8-20)13-4-10-24-16(13)3-9-22-18/h4,10-12H,1-3,5-9H2. The van der Waals surface area contributed by atoms with Crippen LogP contribution in [0.2, 0.25) is 0 Å². The minimum atomic E-state index is -0.190. The second kappa shape index (κ2) is 5.43. The van der Waals surface area contributed by atoms with Crippen molar-refractivity contribution in [3.05, 3.63) is 39.4 Å². The van der Waals surface area contributed by atoms with E-state index in [-0.39, 0.29) is 11.5 Å². The maximum absolute atomic E-state index is 12.7. The number of carbonyl (C=O) groups excluding carboxylic acids is 1. The van der Waals surface area contributed by atoms with Crippen molar-refractivity contribution >= 4 is 17.2 Å². The highest BCUT2D eigenvalue weighted by Gasteiger charge is 2.42. The Balaban J connectivity index is 1.31. The van der Waals surface area contributed by atoms with Gasteiger partial charge in [0.05, 0.1) is 17.9 Å². The number of rotatable bonds is 2. The van der Waals surface area contributed by atoms with Gasteiger partial charge in [0.1, 0.15) is 0 Å². The normalized spacial score (nSPS) is 22.6. The van der Waals surface area contributed by atoms with E-state index in [2.05, 4.69) is 16.6 Å². The van der Waals surface area contributed by atoms with Gasteiger partial charge in [-0.2, -0.15) is 0 Å². The average Bonchev–Trinajstić information content (AvgIpc) is 3.14. The molecular formula is C18H20N2O3S. The van der Waals surface area contributed by atoms with Gasteiger partial charge < -0.3 is 14.2 Å². The van der Waals surface area contributed by atoms with E-state index in [9.17, 15) is 4.79 Å². The molecule has 0 bridgehead atoms. The molecule has 1 aliphatic carbocycles. The molecule has 0 atom stereocenters. The molecule has 0 aromatic carbocycles. The smallest absolute Gasteiger partial charge is 0.292 e. The van der Waals surface area contributed by atoms with Gasteiger partial charge in [-0.3, -0.25) is 4.79 Å². The summed E-state index contributed by atoms with van der Waals surface area (Å²) in [4.78, 5) is 16.0. The Morgan fingerprint density at radius 3 is 2.96 bits per heavy atom. The Morgan fingerprint density at radius 2 is 2.17 bits per heavy atom. The van der Waals surface area contributed by atoms with E-state index in [1.165, 1.54) is 10.4 Å². The Bertz CT molecular complexity index is 769. The molecule has 6 heteroatoms. The van der Waals surface area contributed by atoms with E-state index >= 15 is 0 Å². The third-order valence-corrected chi connectivity index (χ3v) is 6.52. The van der Waals surface area contributed by atoms with Crippen molar-refractivity contribution in [2.45, 2.75) is 43.6 Å². The van der Waals surface area contributed by atoms with Gasteiger partial charge in [-0.1, -0.05) is 5.16 Å². The van der Waals surface area contributed by atoms with Crippen LogP contribution in [-0.2, 0) is 16.8 Å². The van der Waals surface area contributed by atoms with Gasteiger partial charge in [0.15, 0.2) is 0 Å². The fourth-order valence-corrected chi connectivity index (χ4v) is 4.91. The van der Waals surface area contributed by atoms with Crippen LogP contribution >= 0.6 is 11.3 Å². The Kier molecular flexibility index (Phi) is 3.31. The van der Waals surface area contributed by atoms with Crippen LogP contribution in [0.25, 0.3) is 0 Å². The van der Waals surface area contributed by atoms with E-state index in [0.29, 0.717) is 24.8 Å². The number of piperidine rings is 1. The zero-order valence-electron chi connectivity index (χ0n) is 13.5. The molecule has 0 N–H and O–H groups in total. The summed E-state index contributed by atoms with van der Waals surface area (Å²) in [5.41, 5.74) is 2.09. The van der Waals surface area contributed by atoms with Crippen LogP contribution < -0.4 is 0 Å². The summed E-state index contributed by atoms with van der Waals surface area (Å²) in [5, 5.41) is 6.21. The maximum atomic E-state index is 12.7. The highest BCUT2D eigenvalue weighted by atomic mass is 32.1. The van der Waals surface area contributed by atoms with E-state index in [1.807, 2.05) is 22.3 Å². The molecule has 5 nitrogen and oxygen atoms in total. The second-order valence-electron chi connectivity index (χ2n) is 7.03. The molecule has 1 saturated heterocycles. The van der Waals surface area contributed by atoms with Crippen LogP contribution in [-0.4, -0.2) is 35.7 Å². The minimum Gasteiger partial charge on any atom is -0.370 e. The number of carbonyl (C=O) groups is 1. The van der Waals surface area contributed by atoms with Crippen LogP contribution in [0.4, 0.5) is 0 Å². The van der Waals surface area contributed by atoms with Crippen molar-refractivity contribution in [2.24, 2.45) is 0 Å². The molecule has 0 radical (unpaired) electrons. The molecule has 0 unspecified atom stereocenters. The van der Waals surface area contributed by atoms with Gasteiger partial charge in [0.2, 0.25) is 5.76 Å². The predicted octanol–water partition coefficient (Wildman–Crippen LogP) is 3.32. The summed E-state index contributed by atoms with van der Waals surface area (Å²) in [5.74, 6) is 0.854. The monoisotopic (exact) mass is 344 g/mol. The molecule has 2 aliphatic heterocycles. The van der Waals surface area contributed by atoms with E-state index < -0.39 is 0 Å². The first-order valence-corrected chi connectivity index (χ1v) is 9.60. The third kappa shape index (κ3) is 2.31. The number of hydrogen-bond acceptors (Lipinski definition) is 5. The molecule has 2 aromatic heterocycles. The Labute approximate surface area is 144 Å². The van der Waals surface area contributed by atoms with E-state index in [4.69, 9.17) is 9.26 Å². The Hall–Kier alpha value is -1.66. The highest BCUT2D eigenvalue weighted by molar-refractivity contribution is 7.10. The number of amides is 1. The molecule has 2 aromatic rings. The lowest BCUT2D eigenvalue weighted by Crippen LogP contribution is -2.48.